The topological polar surface area (TPSA) is 208 Å². The van der Waals surface area contributed by atoms with E-state index in [1.165, 1.54) is 0 Å². The van der Waals surface area contributed by atoms with E-state index < -0.39 is 49.1 Å². The normalized spacial score (nSPS) is 12.1. The number of urea groups is 1. The van der Waals surface area contributed by atoms with Crippen LogP contribution >= 0.6 is 12.2 Å². The molecule has 2 aromatic rings. The van der Waals surface area contributed by atoms with Crippen molar-refractivity contribution in [3.8, 4) is 5.69 Å². The molecule has 16 heteroatoms. The Morgan fingerprint density at radius 1 is 0.950 bits per heavy atom. The van der Waals surface area contributed by atoms with Crippen molar-refractivity contribution >= 4 is 47.0 Å². The molecule has 0 saturated heterocycles. The molecule has 14 nitrogen and oxygen atoms in total. The highest BCUT2D eigenvalue weighted by Gasteiger charge is 2.24. The Labute approximate surface area is 234 Å². The van der Waals surface area contributed by atoms with Crippen LogP contribution in [0.4, 0.5) is 14.9 Å². The van der Waals surface area contributed by atoms with E-state index in [1.54, 1.807) is 23.0 Å². The molecule has 0 aliphatic rings. The molecular formula is C24H32FN7O7S. The first kappa shape index (κ1) is 31.9. The average molecular weight is 582 g/mol. The number of carboxylic acid groups (broad SMARTS) is 3. The molecule has 2 atom stereocenters. The molecule has 0 radical (unpaired) electrons. The second-order valence-electron chi connectivity index (χ2n) is 8.70. The van der Waals surface area contributed by atoms with E-state index in [-0.39, 0.29) is 12.8 Å². The van der Waals surface area contributed by atoms with Gasteiger partial charge in [0.1, 0.15) is 12.1 Å². The molecule has 1 heterocycles. The zero-order chi connectivity index (χ0) is 29.5. The third kappa shape index (κ3) is 11.6. The van der Waals surface area contributed by atoms with Gasteiger partial charge in [0.05, 0.1) is 24.3 Å². The number of benzene rings is 1. The van der Waals surface area contributed by atoms with E-state index >= 15 is 0 Å². The lowest BCUT2D eigenvalue weighted by molar-refractivity contribution is -0.140. The number of amides is 2. The molecule has 0 aliphatic carbocycles. The van der Waals surface area contributed by atoms with Crippen molar-refractivity contribution in [1.29, 1.82) is 0 Å². The summed E-state index contributed by atoms with van der Waals surface area (Å²) >= 11 is 5.28. The summed E-state index contributed by atoms with van der Waals surface area (Å²) in [6.07, 6.45) is 2.87. The minimum Gasteiger partial charge on any atom is -0.481 e. The number of aliphatic carboxylic acids is 3. The highest BCUT2D eigenvalue weighted by molar-refractivity contribution is 7.80. The third-order valence-electron chi connectivity index (χ3n) is 5.56. The van der Waals surface area contributed by atoms with Crippen molar-refractivity contribution in [2.24, 2.45) is 0 Å². The van der Waals surface area contributed by atoms with Gasteiger partial charge in [-0.3, -0.25) is 9.18 Å². The highest BCUT2D eigenvalue weighted by Crippen LogP contribution is 2.13. The summed E-state index contributed by atoms with van der Waals surface area (Å²) in [6, 6.07) is 3.50. The number of aryl methyl sites for hydroxylation is 1. The summed E-state index contributed by atoms with van der Waals surface area (Å²) in [5.74, 6) is -3.93. The van der Waals surface area contributed by atoms with Crippen molar-refractivity contribution < 1.29 is 38.9 Å². The molecule has 1 aromatic heterocycles. The van der Waals surface area contributed by atoms with E-state index in [2.05, 4.69) is 31.6 Å². The number of nitrogens with zero attached hydrogens (tertiary/aromatic N) is 3. The molecule has 0 spiro atoms. The van der Waals surface area contributed by atoms with E-state index in [9.17, 15) is 28.7 Å². The number of carboxylic acids is 3. The van der Waals surface area contributed by atoms with Gasteiger partial charge in [0, 0.05) is 18.7 Å². The highest BCUT2D eigenvalue weighted by atomic mass is 32.1. The van der Waals surface area contributed by atoms with Crippen molar-refractivity contribution in [3.05, 3.63) is 36.2 Å². The first-order valence-electron chi connectivity index (χ1n) is 12.5. The lowest BCUT2D eigenvalue weighted by Crippen LogP contribution is -2.51. The SMILES string of the molecule is O=C(O)CCC(NC(=O)N[C@@H](CCCCNC(=S)Nc1ccc(-n2cc(CCCF)nn2)cc1)C(=O)O)C(=O)O. The molecule has 40 heavy (non-hydrogen) atoms. The van der Waals surface area contributed by atoms with Crippen LogP contribution in [0, 0.1) is 0 Å². The van der Waals surface area contributed by atoms with Gasteiger partial charge in [0.25, 0.3) is 0 Å². The van der Waals surface area contributed by atoms with Gasteiger partial charge >= 0.3 is 23.9 Å². The summed E-state index contributed by atoms with van der Waals surface area (Å²) in [5, 5.41) is 45.9. The number of nitrogens with one attached hydrogen (secondary N) is 4. The number of hydrogen-bond donors (Lipinski definition) is 7. The fourth-order valence-electron chi connectivity index (χ4n) is 3.48. The molecule has 0 saturated carbocycles. The number of alkyl halides is 1. The Morgan fingerprint density at radius 3 is 2.20 bits per heavy atom. The van der Waals surface area contributed by atoms with Crippen LogP contribution in [-0.2, 0) is 20.8 Å². The molecule has 0 fully saturated rings. The number of anilines is 1. The van der Waals surface area contributed by atoms with Crippen LogP contribution in [0.15, 0.2) is 30.5 Å². The molecule has 218 valence electrons. The maximum absolute atomic E-state index is 12.3. The van der Waals surface area contributed by atoms with E-state index in [0.29, 0.717) is 43.0 Å². The van der Waals surface area contributed by atoms with Gasteiger partial charge in [-0.15, -0.1) is 5.10 Å². The number of carbonyl (C=O) groups is 4. The van der Waals surface area contributed by atoms with Crippen molar-refractivity contribution in [2.45, 2.75) is 57.0 Å². The maximum atomic E-state index is 12.3. The van der Waals surface area contributed by atoms with Crippen LogP contribution in [0.1, 0.15) is 44.2 Å². The molecule has 7 N–H and O–H groups in total. The quantitative estimate of drug-likeness (QED) is 0.105. The Balaban J connectivity index is 1.71. The zero-order valence-corrected chi connectivity index (χ0v) is 22.3. The Kier molecular flexibility index (Phi) is 13.2. The zero-order valence-electron chi connectivity index (χ0n) is 21.5. The lowest BCUT2D eigenvalue weighted by atomic mass is 10.1. The maximum Gasteiger partial charge on any atom is 0.326 e. The van der Waals surface area contributed by atoms with Crippen molar-refractivity contribution in [2.75, 3.05) is 18.5 Å². The minimum absolute atomic E-state index is 0.0801. The fourth-order valence-corrected chi connectivity index (χ4v) is 3.70. The number of thiocarbonyl (C=S) groups is 1. The van der Waals surface area contributed by atoms with Crippen LogP contribution in [0.2, 0.25) is 0 Å². The molecule has 0 aliphatic heterocycles. The Bertz CT molecular complexity index is 1160. The largest absolute Gasteiger partial charge is 0.481 e. The number of hydrogen-bond acceptors (Lipinski definition) is 7. The van der Waals surface area contributed by atoms with Crippen LogP contribution in [0.25, 0.3) is 5.69 Å². The molecular weight excluding hydrogens is 549 g/mol. The van der Waals surface area contributed by atoms with Gasteiger partial charge in [-0.1, -0.05) is 5.21 Å². The number of carbonyl (C=O) groups excluding carboxylic acids is 1. The summed E-state index contributed by atoms with van der Waals surface area (Å²) in [5.41, 5.74) is 2.21. The molecule has 0 bridgehead atoms. The monoisotopic (exact) mass is 581 g/mol. The summed E-state index contributed by atoms with van der Waals surface area (Å²) in [4.78, 5) is 45.4. The van der Waals surface area contributed by atoms with Gasteiger partial charge in [-0.05, 0) is 75.0 Å². The van der Waals surface area contributed by atoms with E-state index in [0.717, 1.165) is 11.4 Å². The van der Waals surface area contributed by atoms with Gasteiger partial charge in [-0.25, -0.2) is 19.1 Å². The second kappa shape index (κ2) is 16.6. The number of rotatable bonds is 17. The van der Waals surface area contributed by atoms with Gasteiger partial charge in [0.15, 0.2) is 5.11 Å². The van der Waals surface area contributed by atoms with Gasteiger partial charge in [-0.2, -0.15) is 0 Å². The minimum atomic E-state index is -1.46. The lowest BCUT2D eigenvalue weighted by Gasteiger charge is -2.18. The van der Waals surface area contributed by atoms with Gasteiger partial charge in [0.2, 0.25) is 0 Å². The Hall–Kier alpha value is -4.34. The molecule has 2 amide bonds. The molecule has 1 aromatic carbocycles. The molecule has 1 unspecified atom stereocenters. The van der Waals surface area contributed by atoms with Crippen LogP contribution < -0.4 is 21.3 Å². The number of unbranched alkanes of at least 4 members (excludes halogenated alkanes) is 1. The predicted octanol–water partition coefficient (Wildman–Crippen LogP) is 1.70. The fraction of sp³-hybridized carbons (Fsp3) is 0.458. The summed E-state index contributed by atoms with van der Waals surface area (Å²) in [6.45, 7) is 0.0225. The first-order chi connectivity index (χ1) is 19.1. The van der Waals surface area contributed by atoms with Crippen molar-refractivity contribution in [3.63, 3.8) is 0 Å². The standard InChI is InChI=1S/C24H32FN7O7S/c25-12-3-4-16-14-32(31-30-16)17-8-6-15(7-9-17)27-24(40)26-13-2-1-5-18(21(35)36)28-23(39)29-19(22(37)38)10-11-20(33)34/h6-9,14,18-19H,1-5,10-13H2,(H,33,34)(H,35,36)(H,37,38)(H2,26,27,40)(H2,28,29,39)/t18-,19?/m0/s1. The van der Waals surface area contributed by atoms with E-state index in [1.807, 2.05) is 12.1 Å². The average Bonchev–Trinajstić information content (AvgIpc) is 3.38. The summed E-state index contributed by atoms with van der Waals surface area (Å²) in [7, 11) is 0. The Morgan fingerprint density at radius 2 is 1.60 bits per heavy atom. The first-order valence-corrected chi connectivity index (χ1v) is 12.9. The van der Waals surface area contributed by atoms with Crippen molar-refractivity contribution in [1.82, 2.24) is 30.9 Å². The van der Waals surface area contributed by atoms with E-state index in [4.69, 9.17) is 22.4 Å². The number of aromatic nitrogens is 3. The summed E-state index contributed by atoms with van der Waals surface area (Å²) < 4.78 is 13.9. The third-order valence-corrected chi connectivity index (χ3v) is 5.80. The van der Waals surface area contributed by atoms with Crippen LogP contribution in [0.3, 0.4) is 0 Å². The number of halogens is 1. The molecule has 2 rings (SSSR count). The second-order valence-corrected chi connectivity index (χ2v) is 9.11. The van der Waals surface area contributed by atoms with Crippen LogP contribution in [-0.4, -0.2) is 84.7 Å². The van der Waals surface area contributed by atoms with Crippen LogP contribution in [0.5, 0.6) is 0 Å². The predicted molar refractivity (Wildman–Crippen MR) is 145 cm³/mol. The smallest absolute Gasteiger partial charge is 0.326 e. The van der Waals surface area contributed by atoms with Gasteiger partial charge < -0.3 is 36.6 Å².